The van der Waals surface area contributed by atoms with E-state index in [4.69, 9.17) is 0 Å². The zero-order valence-electron chi connectivity index (χ0n) is 11.1. The number of halogens is 1. The third-order valence-electron chi connectivity index (χ3n) is 3.18. The molecular formula is C15H17FN2O2. The fourth-order valence-corrected chi connectivity index (χ4v) is 2.13. The summed E-state index contributed by atoms with van der Waals surface area (Å²) in [4.78, 5) is 23.2. The van der Waals surface area contributed by atoms with Gasteiger partial charge in [-0.15, -0.1) is 0 Å². The van der Waals surface area contributed by atoms with Gasteiger partial charge < -0.3 is 0 Å². The molecule has 0 heterocycles. The van der Waals surface area contributed by atoms with Crippen molar-refractivity contribution in [2.45, 2.75) is 25.7 Å². The second-order valence-electron chi connectivity index (χ2n) is 4.87. The molecule has 0 saturated heterocycles. The van der Waals surface area contributed by atoms with Crippen LogP contribution in [0.1, 0.15) is 24.8 Å². The first-order chi connectivity index (χ1) is 9.63. The van der Waals surface area contributed by atoms with Gasteiger partial charge in [-0.05, 0) is 36.5 Å². The number of benzene rings is 1. The summed E-state index contributed by atoms with van der Waals surface area (Å²) in [6.45, 7) is 0. The van der Waals surface area contributed by atoms with Gasteiger partial charge in [0, 0.05) is 6.42 Å². The van der Waals surface area contributed by atoms with Gasteiger partial charge in [0.1, 0.15) is 5.82 Å². The second kappa shape index (κ2) is 6.84. The molecule has 0 aliphatic heterocycles. The molecule has 20 heavy (non-hydrogen) atoms. The molecule has 0 saturated carbocycles. The summed E-state index contributed by atoms with van der Waals surface area (Å²) >= 11 is 0. The van der Waals surface area contributed by atoms with Gasteiger partial charge in [-0.1, -0.05) is 24.3 Å². The first kappa shape index (κ1) is 14.2. The van der Waals surface area contributed by atoms with E-state index in [2.05, 4.69) is 16.9 Å². The Morgan fingerprint density at radius 3 is 2.50 bits per heavy atom. The lowest BCUT2D eigenvalue weighted by atomic mass is 10.1. The zero-order chi connectivity index (χ0) is 14.4. The minimum Gasteiger partial charge on any atom is -0.273 e. The third kappa shape index (κ3) is 4.50. The van der Waals surface area contributed by atoms with E-state index in [1.165, 1.54) is 12.1 Å². The van der Waals surface area contributed by atoms with Gasteiger partial charge in [0.25, 0.3) is 0 Å². The number of nitrogens with one attached hydrogen (secondary N) is 2. The number of hydrogen-bond acceptors (Lipinski definition) is 2. The number of amides is 2. The number of carbonyl (C=O) groups is 2. The average molecular weight is 276 g/mol. The van der Waals surface area contributed by atoms with Crippen LogP contribution in [0.4, 0.5) is 4.39 Å². The number of hydrogen-bond donors (Lipinski definition) is 2. The number of allylic oxidation sites excluding steroid dienone is 2. The lowest BCUT2D eigenvalue weighted by Gasteiger charge is -2.10. The Morgan fingerprint density at radius 1 is 1.15 bits per heavy atom. The van der Waals surface area contributed by atoms with Crippen LogP contribution < -0.4 is 10.9 Å². The van der Waals surface area contributed by atoms with Crippen LogP contribution in [-0.4, -0.2) is 11.8 Å². The smallest absolute Gasteiger partial charge is 0.242 e. The Kier molecular flexibility index (Phi) is 4.87. The SMILES string of the molecule is O=C(Cc1ccc(F)cc1)NNC(=O)C[C@H]1C=CCC1. The molecule has 2 amide bonds. The van der Waals surface area contributed by atoms with Crippen LogP contribution in [0.3, 0.4) is 0 Å². The normalized spacial score (nSPS) is 16.9. The fourth-order valence-electron chi connectivity index (χ4n) is 2.13. The van der Waals surface area contributed by atoms with Crippen LogP contribution in [0.5, 0.6) is 0 Å². The lowest BCUT2D eigenvalue weighted by Crippen LogP contribution is -2.42. The van der Waals surface area contributed by atoms with Gasteiger partial charge in [0.2, 0.25) is 11.8 Å². The molecule has 1 aliphatic rings. The predicted molar refractivity (Wildman–Crippen MR) is 72.9 cm³/mol. The molecule has 0 aromatic heterocycles. The number of rotatable bonds is 4. The largest absolute Gasteiger partial charge is 0.273 e. The summed E-state index contributed by atoms with van der Waals surface area (Å²) in [6.07, 6.45) is 6.56. The van der Waals surface area contributed by atoms with E-state index in [-0.39, 0.29) is 30.0 Å². The molecule has 0 spiro atoms. The molecule has 0 radical (unpaired) electrons. The molecule has 0 bridgehead atoms. The quantitative estimate of drug-likeness (QED) is 0.651. The summed E-state index contributed by atoms with van der Waals surface area (Å²) in [5.74, 6) is -0.600. The molecular weight excluding hydrogens is 259 g/mol. The summed E-state index contributed by atoms with van der Waals surface area (Å²) in [6, 6.07) is 5.68. The fraction of sp³-hybridized carbons (Fsp3) is 0.333. The van der Waals surface area contributed by atoms with Crippen LogP contribution in [0.25, 0.3) is 0 Å². The highest BCUT2D eigenvalue weighted by Gasteiger charge is 2.14. The average Bonchev–Trinajstić information content (AvgIpc) is 2.92. The number of hydrazine groups is 1. The highest BCUT2D eigenvalue weighted by molar-refractivity contribution is 5.83. The summed E-state index contributed by atoms with van der Waals surface area (Å²) in [7, 11) is 0. The molecule has 0 fully saturated rings. The molecule has 1 aliphatic carbocycles. The van der Waals surface area contributed by atoms with Crippen LogP contribution in [-0.2, 0) is 16.0 Å². The maximum Gasteiger partial charge on any atom is 0.242 e. The van der Waals surface area contributed by atoms with Crippen LogP contribution in [0.15, 0.2) is 36.4 Å². The van der Waals surface area contributed by atoms with Gasteiger partial charge in [-0.3, -0.25) is 20.4 Å². The minimum atomic E-state index is -0.341. The Hall–Kier alpha value is -2.17. The van der Waals surface area contributed by atoms with Crippen molar-refractivity contribution in [3.8, 4) is 0 Å². The molecule has 0 unspecified atom stereocenters. The Bertz CT molecular complexity index is 511. The molecule has 4 nitrogen and oxygen atoms in total. The van der Waals surface area contributed by atoms with Crippen molar-refractivity contribution >= 4 is 11.8 Å². The highest BCUT2D eigenvalue weighted by atomic mass is 19.1. The standard InChI is InChI=1S/C15H17FN2O2/c16-13-7-5-12(6-8-13)10-15(20)18-17-14(19)9-11-3-1-2-4-11/h1,3,5-8,11H,2,4,9-10H2,(H,17,19)(H,18,20)/t11-/m0/s1. The molecule has 2 N–H and O–H groups in total. The summed E-state index contributed by atoms with van der Waals surface area (Å²) in [5.41, 5.74) is 5.45. The summed E-state index contributed by atoms with van der Waals surface area (Å²) < 4.78 is 12.7. The van der Waals surface area contributed by atoms with Crippen molar-refractivity contribution in [2.75, 3.05) is 0 Å². The van der Waals surface area contributed by atoms with Crippen molar-refractivity contribution in [3.63, 3.8) is 0 Å². The first-order valence-corrected chi connectivity index (χ1v) is 6.62. The van der Waals surface area contributed by atoms with Crippen molar-refractivity contribution in [1.29, 1.82) is 0 Å². The molecule has 2 rings (SSSR count). The van der Waals surface area contributed by atoms with E-state index in [0.717, 1.165) is 12.8 Å². The van der Waals surface area contributed by atoms with Crippen LogP contribution >= 0.6 is 0 Å². The lowest BCUT2D eigenvalue weighted by molar-refractivity contribution is -0.128. The van der Waals surface area contributed by atoms with Crippen molar-refractivity contribution in [1.82, 2.24) is 10.9 Å². The van der Waals surface area contributed by atoms with Gasteiger partial charge in [-0.2, -0.15) is 0 Å². The molecule has 1 aromatic rings. The maximum absolute atomic E-state index is 12.7. The highest BCUT2D eigenvalue weighted by Crippen LogP contribution is 2.19. The van der Waals surface area contributed by atoms with E-state index in [1.54, 1.807) is 12.1 Å². The Balaban J connectivity index is 1.70. The molecule has 5 heteroatoms. The van der Waals surface area contributed by atoms with Gasteiger partial charge in [0.15, 0.2) is 0 Å². The topological polar surface area (TPSA) is 58.2 Å². The monoisotopic (exact) mass is 276 g/mol. The predicted octanol–water partition coefficient (Wildman–Crippen LogP) is 1.87. The van der Waals surface area contributed by atoms with E-state index in [1.807, 2.05) is 6.08 Å². The van der Waals surface area contributed by atoms with Crippen LogP contribution in [0, 0.1) is 11.7 Å². The minimum absolute atomic E-state index is 0.101. The van der Waals surface area contributed by atoms with E-state index >= 15 is 0 Å². The van der Waals surface area contributed by atoms with E-state index in [9.17, 15) is 14.0 Å². The third-order valence-corrected chi connectivity index (χ3v) is 3.18. The second-order valence-corrected chi connectivity index (χ2v) is 4.87. The molecule has 106 valence electrons. The van der Waals surface area contributed by atoms with Crippen molar-refractivity contribution in [3.05, 3.63) is 47.8 Å². The molecule has 1 aromatic carbocycles. The Labute approximate surface area is 117 Å². The van der Waals surface area contributed by atoms with Gasteiger partial charge >= 0.3 is 0 Å². The van der Waals surface area contributed by atoms with Crippen molar-refractivity contribution < 1.29 is 14.0 Å². The van der Waals surface area contributed by atoms with Gasteiger partial charge in [0.05, 0.1) is 6.42 Å². The van der Waals surface area contributed by atoms with E-state index < -0.39 is 0 Å². The van der Waals surface area contributed by atoms with Crippen molar-refractivity contribution in [2.24, 2.45) is 5.92 Å². The number of carbonyl (C=O) groups excluding carboxylic acids is 2. The van der Waals surface area contributed by atoms with E-state index in [0.29, 0.717) is 12.0 Å². The van der Waals surface area contributed by atoms with Crippen LogP contribution in [0.2, 0.25) is 0 Å². The maximum atomic E-state index is 12.7. The van der Waals surface area contributed by atoms with Gasteiger partial charge in [-0.25, -0.2) is 4.39 Å². The summed E-state index contributed by atoms with van der Waals surface area (Å²) in [5, 5.41) is 0. The first-order valence-electron chi connectivity index (χ1n) is 6.62. The Morgan fingerprint density at radius 2 is 1.85 bits per heavy atom. The zero-order valence-corrected chi connectivity index (χ0v) is 11.1. The molecule has 1 atom stereocenters.